The minimum atomic E-state index is 0.293. The van der Waals surface area contributed by atoms with Gasteiger partial charge in [0.1, 0.15) is 0 Å². The first-order valence-electron chi connectivity index (χ1n) is 9.30. The Labute approximate surface area is 148 Å². The molecule has 2 aliphatic heterocycles. The van der Waals surface area contributed by atoms with E-state index in [-0.39, 0.29) is 0 Å². The van der Waals surface area contributed by atoms with E-state index in [9.17, 15) is 4.79 Å². The average Bonchev–Trinajstić information content (AvgIpc) is 3.26. The fourth-order valence-electron chi connectivity index (χ4n) is 4.03. The van der Waals surface area contributed by atoms with Gasteiger partial charge in [0.2, 0.25) is 5.91 Å². The summed E-state index contributed by atoms with van der Waals surface area (Å²) in [5.74, 6) is 0.293. The second-order valence-corrected chi connectivity index (χ2v) is 7.30. The van der Waals surface area contributed by atoms with Crippen LogP contribution in [0.5, 0.6) is 0 Å². The molecule has 2 saturated heterocycles. The standard InChI is InChI=1S/C19H26N4O2/c1-14-3-2-7-23(14)18(24)13-22-8-4-16(5-9-22)21-17-12-20-11-15-6-10-25-19(15)17/h6,10-12,14,16,21H,2-5,7-9,13H2,1H3/t14-/m1/s1. The number of carbonyl (C=O) groups excluding carboxylic acids is 1. The summed E-state index contributed by atoms with van der Waals surface area (Å²) in [4.78, 5) is 21.1. The number of carbonyl (C=O) groups is 1. The molecule has 2 fully saturated rings. The second kappa shape index (κ2) is 7.04. The Morgan fingerprint density at radius 2 is 2.12 bits per heavy atom. The molecular weight excluding hydrogens is 316 g/mol. The van der Waals surface area contributed by atoms with E-state index in [1.807, 2.05) is 23.4 Å². The number of pyridine rings is 1. The quantitative estimate of drug-likeness (QED) is 0.926. The summed E-state index contributed by atoms with van der Waals surface area (Å²) >= 11 is 0. The smallest absolute Gasteiger partial charge is 0.236 e. The Morgan fingerprint density at radius 3 is 2.88 bits per heavy atom. The highest BCUT2D eigenvalue weighted by Gasteiger charge is 2.28. The molecule has 25 heavy (non-hydrogen) atoms. The van der Waals surface area contributed by atoms with E-state index in [1.165, 1.54) is 0 Å². The molecule has 0 radical (unpaired) electrons. The molecule has 134 valence electrons. The lowest BCUT2D eigenvalue weighted by Gasteiger charge is -2.33. The number of furan rings is 1. The predicted octanol–water partition coefficient (Wildman–Crippen LogP) is 2.72. The van der Waals surface area contributed by atoms with Crippen molar-refractivity contribution in [3.05, 3.63) is 24.7 Å². The summed E-state index contributed by atoms with van der Waals surface area (Å²) in [6.07, 6.45) is 9.69. The van der Waals surface area contributed by atoms with Crippen molar-refractivity contribution in [1.29, 1.82) is 0 Å². The molecule has 6 heteroatoms. The molecule has 0 aromatic carbocycles. The zero-order valence-corrected chi connectivity index (χ0v) is 14.8. The van der Waals surface area contributed by atoms with Crippen LogP contribution in [0, 0.1) is 0 Å². The number of anilines is 1. The molecule has 0 aliphatic carbocycles. The second-order valence-electron chi connectivity index (χ2n) is 7.30. The summed E-state index contributed by atoms with van der Waals surface area (Å²) in [5, 5.41) is 4.59. The average molecular weight is 342 g/mol. The van der Waals surface area contributed by atoms with Crippen LogP contribution in [0.15, 0.2) is 29.1 Å². The number of hydrogen-bond acceptors (Lipinski definition) is 5. The number of rotatable bonds is 4. The Balaban J connectivity index is 1.30. The van der Waals surface area contributed by atoms with Crippen LogP contribution < -0.4 is 5.32 Å². The summed E-state index contributed by atoms with van der Waals surface area (Å²) < 4.78 is 5.57. The summed E-state index contributed by atoms with van der Waals surface area (Å²) in [6, 6.07) is 2.74. The Hall–Kier alpha value is -2.08. The molecule has 1 atom stereocenters. The van der Waals surface area contributed by atoms with Gasteiger partial charge in [0, 0.05) is 43.3 Å². The number of nitrogens with one attached hydrogen (secondary N) is 1. The topological polar surface area (TPSA) is 61.6 Å². The van der Waals surface area contributed by atoms with Gasteiger partial charge in [0.05, 0.1) is 24.7 Å². The molecule has 2 aliphatic rings. The number of nitrogens with zero attached hydrogens (tertiary/aromatic N) is 3. The van der Waals surface area contributed by atoms with Crippen molar-refractivity contribution < 1.29 is 9.21 Å². The first-order chi connectivity index (χ1) is 12.2. The molecular formula is C19H26N4O2. The van der Waals surface area contributed by atoms with Gasteiger partial charge in [-0.3, -0.25) is 14.7 Å². The van der Waals surface area contributed by atoms with Crippen LogP contribution in [-0.4, -0.2) is 59.0 Å². The highest BCUT2D eigenvalue weighted by atomic mass is 16.3. The fourth-order valence-corrected chi connectivity index (χ4v) is 4.03. The van der Waals surface area contributed by atoms with Crippen molar-refractivity contribution in [3.8, 4) is 0 Å². The van der Waals surface area contributed by atoms with Gasteiger partial charge in [-0.2, -0.15) is 0 Å². The van der Waals surface area contributed by atoms with Gasteiger partial charge >= 0.3 is 0 Å². The van der Waals surface area contributed by atoms with Gasteiger partial charge in [0.25, 0.3) is 0 Å². The number of piperidine rings is 1. The van der Waals surface area contributed by atoms with Gasteiger partial charge in [-0.15, -0.1) is 0 Å². The minimum Gasteiger partial charge on any atom is -0.462 e. The van der Waals surface area contributed by atoms with Crippen molar-refractivity contribution in [2.24, 2.45) is 0 Å². The fraction of sp³-hybridized carbons (Fsp3) is 0.579. The van der Waals surface area contributed by atoms with Crippen LogP contribution in [-0.2, 0) is 4.79 Å². The van der Waals surface area contributed by atoms with E-state index in [0.717, 1.165) is 62.0 Å². The monoisotopic (exact) mass is 342 g/mol. The molecule has 0 saturated carbocycles. The molecule has 0 bridgehead atoms. The largest absolute Gasteiger partial charge is 0.462 e. The highest BCUT2D eigenvalue weighted by Crippen LogP contribution is 2.25. The summed E-state index contributed by atoms with van der Waals surface area (Å²) in [7, 11) is 0. The van der Waals surface area contributed by atoms with E-state index >= 15 is 0 Å². The normalized spacial score (nSPS) is 22.6. The highest BCUT2D eigenvalue weighted by molar-refractivity contribution is 5.87. The van der Waals surface area contributed by atoms with Crippen molar-refractivity contribution in [2.45, 2.75) is 44.7 Å². The van der Waals surface area contributed by atoms with Gasteiger partial charge in [-0.05, 0) is 38.7 Å². The van der Waals surface area contributed by atoms with Crippen LogP contribution >= 0.6 is 0 Å². The van der Waals surface area contributed by atoms with Crippen LogP contribution in [0.25, 0.3) is 11.0 Å². The van der Waals surface area contributed by atoms with Crippen LogP contribution in [0.3, 0.4) is 0 Å². The SMILES string of the molecule is C[C@@H]1CCCN1C(=O)CN1CCC(Nc2cncc3ccoc23)CC1. The number of amides is 1. The van der Waals surface area contributed by atoms with Crippen molar-refractivity contribution >= 4 is 22.6 Å². The first-order valence-corrected chi connectivity index (χ1v) is 9.30. The molecule has 6 nitrogen and oxygen atoms in total. The van der Waals surface area contributed by atoms with E-state index < -0.39 is 0 Å². The molecule has 1 amide bonds. The Morgan fingerprint density at radius 1 is 1.28 bits per heavy atom. The summed E-state index contributed by atoms with van der Waals surface area (Å²) in [5.41, 5.74) is 1.83. The predicted molar refractivity (Wildman–Crippen MR) is 97.5 cm³/mol. The zero-order chi connectivity index (χ0) is 17.2. The van der Waals surface area contributed by atoms with Crippen molar-refractivity contribution in [2.75, 3.05) is 31.5 Å². The van der Waals surface area contributed by atoms with Gasteiger partial charge in [-0.25, -0.2) is 0 Å². The lowest BCUT2D eigenvalue weighted by molar-refractivity contribution is -0.133. The molecule has 0 unspecified atom stereocenters. The number of fused-ring (bicyclic) bond motifs is 1. The third-order valence-corrected chi connectivity index (χ3v) is 5.54. The van der Waals surface area contributed by atoms with E-state index in [2.05, 4.69) is 22.1 Å². The molecule has 1 N–H and O–H groups in total. The van der Waals surface area contributed by atoms with E-state index in [4.69, 9.17) is 4.42 Å². The van der Waals surface area contributed by atoms with Crippen LogP contribution in [0.4, 0.5) is 5.69 Å². The van der Waals surface area contributed by atoms with Gasteiger partial charge < -0.3 is 14.6 Å². The van der Waals surface area contributed by atoms with Crippen LogP contribution in [0.1, 0.15) is 32.6 Å². The number of aromatic nitrogens is 1. The third-order valence-electron chi connectivity index (χ3n) is 5.54. The third kappa shape index (κ3) is 3.49. The van der Waals surface area contributed by atoms with E-state index in [1.54, 1.807) is 6.26 Å². The number of likely N-dealkylation sites (tertiary alicyclic amines) is 2. The maximum Gasteiger partial charge on any atom is 0.236 e. The molecule has 0 spiro atoms. The first kappa shape index (κ1) is 16.4. The molecule has 4 heterocycles. The van der Waals surface area contributed by atoms with Crippen LogP contribution in [0.2, 0.25) is 0 Å². The molecule has 2 aromatic rings. The van der Waals surface area contributed by atoms with Gasteiger partial charge in [0.15, 0.2) is 5.58 Å². The summed E-state index contributed by atoms with van der Waals surface area (Å²) in [6.45, 7) is 5.55. The van der Waals surface area contributed by atoms with Gasteiger partial charge in [-0.1, -0.05) is 0 Å². The van der Waals surface area contributed by atoms with Crippen molar-refractivity contribution in [3.63, 3.8) is 0 Å². The lowest BCUT2D eigenvalue weighted by atomic mass is 10.0. The molecule has 2 aromatic heterocycles. The lowest BCUT2D eigenvalue weighted by Crippen LogP contribution is -2.46. The Kier molecular flexibility index (Phi) is 4.61. The Bertz CT molecular complexity index is 736. The maximum atomic E-state index is 12.5. The van der Waals surface area contributed by atoms with Crippen molar-refractivity contribution in [1.82, 2.24) is 14.8 Å². The number of hydrogen-bond donors (Lipinski definition) is 1. The minimum absolute atomic E-state index is 0.293. The maximum absolute atomic E-state index is 12.5. The zero-order valence-electron chi connectivity index (χ0n) is 14.8. The van der Waals surface area contributed by atoms with E-state index in [0.29, 0.717) is 24.5 Å². The molecule has 4 rings (SSSR count).